The van der Waals surface area contributed by atoms with Crippen molar-refractivity contribution in [3.8, 4) is 0 Å². The summed E-state index contributed by atoms with van der Waals surface area (Å²) in [6.07, 6.45) is 5.63. The third kappa shape index (κ3) is 4.89. The van der Waals surface area contributed by atoms with Crippen molar-refractivity contribution >= 4 is 0 Å². The molecule has 0 aliphatic carbocycles. The van der Waals surface area contributed by atoms with Crippen molar-refractivity contribution in [2.75, 3.05) is 32.7 Å². The van der Waals surface area contributed by atoms with Gasteiger partial charge in [0.05, 0.1) is 0 Å². The van der Waals surface area contributed by atoms with Gasteiger partial charge in [0.25, 0.3) is 0 Å². The molecule has 2 aliphatic rings. The van der Waals surface area contributed by atoms with Gasteiger partial charge < -0.3 is 10.2 Å². The van der Waals surface area contributed by atoms with E-state index in [1.165, 1.54) is 58.4 Å². The smallest absolute Gasteiger partial charge is 0.00223 e. The summed E-state index contributed by atoms with van der Waals surface area (Å²) >= 11 is 0. The van der Waals surface area contributed by atoms with Gasteiger partial charge in [-0.3, -0.25) is 0 Å². The lowest BCUT2D eigenvalue weighted by molar-refractivity contribution is 0.136. The van der Waals surface area contributed by atoms with Gasteiger partial charge in [0.1, 0.15) is 0 Å². The normalized spacial score (nSPS) is 27.7. The maximum absolute atomic E-state index is 3.47. The van der Waals surface area contributed by atoms with Crippen molar-refractivity contribution in [3.63, 3.8) is 0 Å². The average Bonchev–Trinajstić information content (AvgIpc) is 2.94. The number of nitrogens with zero attached hydrogens (tertiary/aromatic N) is 1. The molecule has 0 aromatic heterocycles. The molecule has 2 atom stereocenters. The molecular weight excluding hydrogens is 220 g/mol. The number of hydrogen-bond donors (Lipinski definition) is 1. The second-order valence-corrected chi connectivity index (χ2v) is 5.88. The van der Waals surface area contributed by atoms with Crippen LogP contribution in [0.5, 0.6) is 0 Å². The highest BCUT2D eigenvalue weighted by molar-refractivity contribution is 4.79. The van der Waals surface area contributed by atoms with Crippen LogP contribution in [0.3, 0.4) is 0 Å². The average molecular weight is 254 g/mol. The number of nitrogens with one attached hydrogen (secondary N) is 1. The summed E-state index contributed by atoms with van der Waals surface area (Å²) in [7, 11) is 0. The van der Waals surface area contributed by atoms with E-state index < -0.39 is 0 Å². The minimum absolute atomic E-state index is 0.931. The molecule has 0 amide bonds. The quantitative estimate of drug-likeness (QED) is 0.827. The van der Waals surface area contributed by atoms with Gasteiger partial charge in [-0.15, -0.1) is 0 Å². The third-order valence-corrected chi connectivity index (χ3v) is 4.76. The topological polar surface area (TPSA) is 15.3 Å². The summed E-state index contributed by atoms with van der Waals surface area (Å²) in [5.74, 6) is 2.87. The van der Waals surface area contributed by atoms with Crippen LogP contribution in [0.15, 0.2) is 0 Å². The van der Waals surface area contributed by atoms with Crippen molar-refractivity contribution in [3.05, 3.63) is 0 Å². The maximum Gasteiger partial charge on any atom is 0.00223 e. The standard InChI is InChI=1S/C14H28N2.C2H6/c1-3-12(2)14-5-8-16(9-6-14)11-13-4-7-15-10-13;1-2/h12-15H,3-11H2,1-2H3;1-2H3/t12?,13-;/m1./s1. The van der Waals surface area contributed by atoms with Crippen LogP contribution in [0.1, 0.15) is 53.4 Å². The molecule has 2 heterocycles. The molecule has 1 N–H and O–H groups in total. The van der Waals surface area contributed by atoms with Gasteiger partial charge in [-0.25, -0.2) is 0 Å². The van der Waals surface area contributed by atoms with Gasteiger partial charge in [-0.05, 0) is 63.2 Å². The number of likely N-dealkylation sites (tertiary alicyclic amines) is 1. The molecule has 2 fully saturated rings. The predicted octanol–water partition coefficient (Wildman–Crippen LogP) is 3.38. The molecule has 0 bridgehead atoms. The Morgan fingerprint density at radius 3 is 2.33 bits per heavy atom. The molecule has 1 unspecified atom stereocenters. The number of hydrogen-bond acceptors (Lipinski definition) is 2. The van der Waals surface area contributed by atoms with Gasteiger partial charge in [-0.1, -0.05) is 34.1 Å². The Bertz CT molecular complexity index is 191. The van der Waals surface area contributed by atoms with E-state index in [1.54, 1.807) is 0 Å². The Balaban J connectivity index is 0.000000771. The Hall–Kier alpha value is -0.0800. The van der Waals surface area contributed by atoms with Crippen molar-refractivity contribution in [2.45, 2.75) is 53.4 Å². The van der Waals surface area contributed by atoms with E-state index in [-0.39, 0.29) is 0 Å². The van der Waals surface area contributed by atoms with Crippen LogP contribution in [0.2, 0.25) is 0 Å². The van der Waals surface area contributed by atoms with Crippen molar-refractivity contribution in [1.82, 2.24) is 10.2 Å². The lowest BCUT2D eigenvalue weighted by Crippen LogP contribution is -2.38. The molecular formula is C16H34N2. The van der Waals surface area contributed by atoms with E-state index in [2.05, 4.69) is 24.1 Å². The van der Waals surface area contributed by atoms with Crippen LogP contribution < -0.4 is 5.32 Å². The number of piperidine rings is 1. The van der Waals surface area contributed by atoms with E-state index >= 15 is 0 Å². The largest absolute Gasteiger partial charge is 0.316 e. The maximum atomic E-state index is 3.47. The first-order valence-electron chi connectivity index (χ1n) is 8.22. The van der Waals surface area contributed by atoms with Crippen LogP contribution in [-0.2, 0) is 0 Å². The van der Waals surface area contributed by atoms with Crippen LogP contribution in [0, 0.1) is 17.8 Å². The van der Waals surface area contributed by atoms with Crippen LogP contribution in [0.25, 0.3) is 0 Å². The summed E-state index contributed by atoms with van der Waals surface area (Å²) < 4.78 is 0. The summed E-state index contributed by atoms with van der Waals surface area (Å²) in [4.78, 5) is 2.70. The molecule has 2 saturated heterocycles. The monoisotopic (exact) mass is 254 g/mol. The zero-order valence-corrected chi connectivity index (χ0v) is 13.0. The molecule has 0 radical (unpaired) electrons. The second kappa shape index (κ2) is 8.92. The summed E-state index contributed by atoms with van der Waals surface area (Å²) in [5.41, 5.74) is 0. The molecule has 0 aromatic carbocycles. The zero-order valence-electron chi connectivity index (χ0n) is 13.0. The van der Waals surface area contributed by atoms with Crippen molar-refractivity contribution in [2.24, 2.45) is 17.8 Å². The number of rotatable bonds is 4. The van der Waals surface area contributed by atoms with E-state index in [0.29, 0.717) is 0 Å². The fourth-order valence-electron chi connectivity index (χ4n) is 3.27. The highest BCUT2D eigenvalue weighted by atomic mass is 15.1. The predicted molar refractivity (Wildman–Crippen MR) is 80.9 cm³/mol. The molecule has 0 spiro atoms. The first-order valence-corrected chi connectivity index (χ1v) is 8.22. The van der Waals surface area contributed by atoms with Crippen molar-refractivity contribution in [1.29, 1.82) is 0 Å². The SMILES string of the molecule is CC.CCC(C)C1CCN(C[C@@H]2CCNC2)CC1. The van der Waals surface area contributed by atoms with Crippen LogP contribution >= 0.6 is 0 Å². The Morgan fingerprint density at radius 2 is 1.83 bits per heavy atom. The van der Waals surface area contributed by atoms with Gasteiger partial charge in [0.2, 0.25) is 0 Å². The lowest BCUT2D eigenvalue weighted by atomic mass is 9.84. The highest BCUT2D eigenvalue weighted by Gasteiger charge is 2.25. The van der Waals surface area contributed by atoms with Crippen LogP contribution in [0.4, 0.5) is 0 Å². The molecule has 2 rings (SSSR count). The van der Waals surface area contributed by atoms with E-state index in [1.807, 2.05) is 13.8 Å². The van der Waals surface area contributed by atoms with Gasteiger partial charge in [0.15, 0.2) is 0 Å². The lowest BCUT2D eigenvalue weighted by Gasteiger charge is -2.35. The first kappa shape index (κ1) is 16.0. The Morgan fingerprint density at radius 1 is 1.17 bits per heavy atom. The van der Waals surface area contributed by atoms with E-state index in [0.717, 1.165) is 17.8 Å². The van der Waals surface area contributed by atoms with E-state index in [4.69, 9.17) is 0 Å². The minimum Gasteiger partial charge on any atom is -0.316 e. The van der Waals surface area contributed by atoms with Crippen molar-refractivity contribution < 1.29 is 0 Å². The molecule has 2 nitrogen and oxygen atoms in total. The summed E-state index contributed by atoms with van der Waals surface area (Å²) in [5, 5.41) is 3.47. The zero-order chi connectivity index (χ0) is 13.4. The Labute approximate surface area is 115 Å². The fourth-order valence-corrected chi connectivity index (χ4v) is 3.27. The molecule has 108 valence electrons. The fraction of sp³-hybridized carbons (Fsp3) is 1.00. The molecule has 2 heteroatoms. The summed E-state index contributed by atoms with van der Waals surface area (Å²) in [6, 6.07) is 0. The highest BCUT2D eigenvalue weighted by Crippen LogP contribution is 2.27. The van der Waals surface area contributed by atoms with E-state index in [9.17, 15) is 0 Å². The summed E-state index contributed by atoms with van der Waals surface area (Å²) in [6.45, 7) is 15.3. The molecule has 2 aliphatic heterocycles. The first-order chi connectivity index (χ1) is 8.79. The van der Waals surface area contributed by atoms with Gasteiger partial charge in [0, 0.05) is 6.54 Å². The van der Waals surface area contributed by atoms with Gasteiger partial charge in [-0.2, -0.15) is 0 Å². The van der Waals surface area contributed by atoms with Crippen LogP contribution in [-0.4, -0.2) is 37.6 Å². The Kier molecular flexibility index (Phi) is 7.92. The molecule has 18 heavy (non-hydrogen) atoms. The second-order valence-electron chi connectivity index (χ2n) is 5.88. The third-order valence-electron chi connectivity index (χ3n) is 4.76. The molecule has 0 aromatic rings. The minimum atomic E-state index is 0.931. The van der Waals surface area contributed by atoms with Gasteiger partial charge >= 0.3 is 0 Å². The molecule has 0 saturated carbocycles.